The molecule has 0 saturated carbocycles. The minimum atomic E-state index is 0.364. The van der Waals surface area contributed by atoms with Crippen molar-refractivity contribution in [2.75, 3.05) is 0 Å². The Kier molecular flexibility index (Phi) is 3.15. The van der Waals surface area contributed by atoms with Crippen LogP contribution in [0.5, 0.6) is 5.75 Å². The zero-order chi connectivity index (χ0) is 13.1. The number of hydrogen-bond acceptors (Lipinski definition) is 2. The molecule has 1 aromatic heterocycles. The molecule has 0 aliphatic carbocycles. The average molecular weight is 249 g/mol. The number of pyridine rings is 1. The van der Waals surface area contributed by atoms with Crippen LogP contribution in [0.15, 0.2) is 60.7 Å². The Hall–Kier alpha value is -2.35. The van der Waals surface area contributed by atoms with Crippen molar-refractivity contribution in [2.45, 2.75) is 12.8 Å². The van der Waals surface area contributed by atoms with E-state index in [0.717, 1.165) is 35.0 Å². The van der Waals surface area contributed by atoms with Gasteiger partial charge in [-0.3, -0.25) is 4.98 Å². The summed E-state index contributed by atoms with van der Waals surface area (Å²) in [6, 6.07) is 19.7. The summed E-state index contributed by atoms with van der Waals surface area (Å²) >= 11 is 0. The van der Waals surface area contributed by atoms with Gasteiger partial charge in [0.05, 0.1) is 5.52 Å². The smallest absolute Gasteiger partial charge is 0.118 e. The van der Waals surface area contributed by atoms with E-state index in [1.165, 1.54) is 0 Å². The number of nitrogens with zero attached hydrogens (tertiary/aromatic N) is 1. The molecule has 0 amide bonds. The van der Waals surface area contributed by atoms with Crippen molar-refractivity contribution in [1.82, 2.24) is 4.98 Å². The average Bonchev–Trinajstić information content (AvgIpc) is 2.46. The highest BCUT2D eigenvalue weighted by Crippen LogP contribution is 2.18. The fourth-order valence-corrected chi connectivity index (χ4v) is 2.23. The molecular formula is C17H15NO. The van der Waals surface area contributed by atoms with Gasteiger partial charge in [0.1, 0.15) is 5.75 Å². The molecule has 1 N–H and O–H groups in total. The lowest BCUT2D eigenvalue weighted by molar-refractivity contribution is 0.468. The van der Waals surface area contributed by atoms with E-state index in [9.17, 15) is 5.11 Å². The quantitative estimate of drug-likeness (QED) is 0.767. The highest BCUT2D eigenvalue weighted by Gasteiger charge is 2.02. The van der Waals surface area contributed by atoms with E-state index in [2.05, 4.69) is 23.2 Å². The van der Waals surface area contributed by atoms with Crippen molar-refractivity contribution >= 4 is 10.9 Å². The van der Waals surface area contributed by atoms with Crippen molar-refractivity contribution in [3.63, 3.8) is 0 Å². The molecule has 0 unspecified atom stereocenters. The van der Waals surface area contributed by atoms with Crippen LogP contribution >= 0.6 is 0 Å². The maximum absolute atomic E-state index is 9.74. The minimum Gasteiger partial charge on any atom is -0.508 e. The molecule has 0 spiro atoms. The molecule has 3 rings (SSSR count). The summed E-state index contributed by atoms with van der Waals surface area (Å²) in [5.74, 6) is 0.364. The topological polar surface area (TPSA) is 33.1 Å². The van der Waals surface area contributed by atoms with Crippen molar-refractivity contribution in [1.29, 1.82) is 0 Å². The summed E-state index contributed by atoms with van der Waals surface area (Å²) in [5.41, 5.74) is 3.05. The molecule has 0 saturated heterocycles. The molecule has 0 radical (unpaired) electrons. The number of rotatable bonds is 3. The van der Waals surface area contributed by atoms with Gasteiger partial charge in [-0.1, -0.05) is 42.5 Å². The molecule has 1 heterocycles. The highest BCUT2D eigenvalue weighted by atomic mass is 16.3. The van der Waals surface area contributed by atoms with E-state index in [4.69, 9.17) is 0 Å². The molecule has 0 aliphatic heterocycles. The zero-order valence-electron chi connectivity index (χ0n) is 10.6. The van der Waals surface area contributed by atoms with Crippen molar-refractivity contribution in [3.05, 3.63) is 71.9 Å². The number of aromatic nitrogens is 1. The fourth-order valence-electron chi connectivity index (χ4n) is 2.23. The number of aryl methyl sites for hydroxylation is 2. The number of phenolic OH excluding ortho intramolecular Hbond substituents is 1. The van der Waals surface area contributed by atoms with Gasteiger partial charge >= 0.3 is 0 Å². The normalized spacial score (nSPS) is 10.7. The monoisotopic (exact) mass is 249 g/mol. The molecule has 2 aromatic carbocycles. The van der Waals surface area contributed by atoms with Gasteiger partial charge in [-0.25, -0.2) is 0 Å². The van der Waals surface area contributed by atoms with E-state index in [1.807, 2.05) is 36.4 Å². The van der Waals surface area contributed by atoms with Gasteiger partial charge in [-0.05, 0) is 36.6 Å². The van der Waals surface area contributed by atoms with Crippen LogP contribution in [-0.4, -0.2) is 10.1 Å². The van der Waals surface area contributed by atoms with Crippen molar-refractivity contribution in [3.8, 4) is 5.75 Å². The summed E-state index contributed by atoms with van der Waals surface area (Å²) in [6.07, 6.45) is 1.64. The summed E-state index contributed by atoms with van der Waals surface area (Å²) in [7, 11) is 0. The first-order chi connectivity index (χ1) is 9.33. The molecule has 2 heteroatoms. The van der Waals surface area contributed by atoms with Crippen LogP contribution in [0.2, 0.25) is 0 Å². The Bertz CT molecular complexity index is 706. The number of phenols is 1. The Labute approximate surface area is 112 Å². The van der Waals surface area contributed by atoms with E-state index in [-0.39, 0.29) is 0 Å². The van der Waals surface area contributed by atoms with Gasteiger partial charge in [0.2, 0.25) is 0 Å². The molecule has 3 aromatic rings. The first-order valence-electron chi connectivity index (χ1n) is 6.44. The Morgan fingerprint density at radius 2 is 1.58 bits per heavy atom. The van der Waals surface area contributed by atoms with E-state index in [1.54, 1.807) is 6.07 Å². The lowest BCUT2D eigenvalue weighted by Gasteiger charge is -2.05. The Morgan fingerprint density at radius 3 is 2.47 bits per heavy atom. The van der Waals surface area contributed by atoms with Crippen LogP contribution < -0.4 is 0 Å². The number of benzene rings is 2. The Morgan fingerprint density at radius 1 is 0.789 bits per heavy atom. The minimum absolute atomic E-state index is 0.364. The lowest BCUT2D eigenvalue weighted by atomic mass is 10.1. The van der Waals surface area contributed by atoms with Gasteiger partial charge in [-0.15, -0.1) is 0 Å². The van der Waals surface area contributed by atoms with Crippen LogP contribution in [-0.2, 0) is 12.8 Å². The second kappa shape index (κ2) is 5.11. The van der Waals surface area contributed by atoms with E-state index >= 15 is 0 Å². The number of aromatic hydroxyl groups is 1. The third kappa shape index (κ3) is 2.58. The molecule has 0 fully saturated rings. The molecular weight excluding hydrogens is 234 g/mol. The van der Waals surface area contributed by atoms with Crippen molar-refractivity contribution in [2.24, 2.45) is 0 Å². The van der Waals surface area contributed by atoms with Gasteiger partial charge in [-0.2, -0.15) is 0 Å². The van der Waals surface area contributed by atoms with Crippen LogP contribution in [0.1, 0.15) is 11.3 Å². The summed E-state index contributed by atoms with van der Waals surface area (Å²) < 4.78 is 0. The maximum Gasteiger partial charge on any atom is 0.118 e. The standard InChI is InChI=1S/C17H15NO/c19-17-8-4-2-6-14(17)10-12-15-11-9-13-5-1-3-7-16(13)18-15/h1-9,11,19H,10,12H2. The van der Waals surface area contributed by atoms with Gasteiger partial charge in [0.15, 0.2) is 0 Å². The second-order valence-corrected chi connectivity index (χ2v) is 4.62. The van der Waals surface area contributed by atoms with Gasteiger partial charge in [0, 0.05) is 11.1 Å². The predicted molar refractivity (Wildman–Crippen MR) is 77.3 cm³/mol. The predicted octanol–water partition coefficient (Wildman–Crippen LogP) is 3.73. The second-order valence-electron chi connectivity index (χ2n) is 4.62. The first-order valence-corrected chi connectivity index (χ1v) is 6.44. The third-order valence-corrected chi connectivity index (χ3v) is 3.30. The number of fused-ring (bicyclic) bond motifs is 1. The highest BCUT2D eigenvalue weighted by molar-refractivity contribution is 5.78. The lowest BCUT2D eigenvalue weighted by Crippen LogP contribution is -1.95. The fraction of sp³-hybridized carbons (Fsp3) is 0.118. The summed E-state index contributed by atoms with van der Waals surface area (Å²) in [5, 5.41) is 10.9. The first kappa shape index (κ1) is 11.7. The molecule has 94 valence electrons. The van der Waals surface area contributed by atoms with Gasteiger partial charge < -0.3 is 5.11 Å². The number of hydrogen-bond donors (Lipinski definition) is 1. The van der Waals surface area contributed by atoms with Gasteiger partial charge in [0.25, 0.3) is 0 Å². The number of para-hydroxylation sites is 2. The largest absolute Gasteiger partial charge is 0.508 e. The summed E-state index contributed by atoms with van der Waals surface area (Å²) in [6.45, 7) is 0. The van der Waals surface area contributed by atoms with E-state index < -0.39 is 0 Å². The van der Waals surface area contributed by atoms with Crippen molar-refractivity contribution < 1.29 is 5.11 Å². The molecule has 0 bridgehead atoms. The van der Waals surface area contributed by atoms with Crippen LogP contribution in [0.25, 0.3) is 10.9 Å². The molecule has 19 heavy (non-hydrogen) atoms. The Balaban J connectivity index is 1.80. The van der Waals surface area contributed by atoms with Crippen LogP contribution in [0.4, 0.5) is 0 Å². The zero-order valence-corrected chi connectivity index (χ0v) is 10.6. The SMILES string of the molecule is Oc1ccccc1CCc1ccc2ccccc2n1. The molecule has 0 atom stereocenters. The maximum atomic E-state index is 9.74. The summed E-state index contributed by atoms with van der Waals surface area (Å²) in [4.78, 5) is 4.64. The van der Waals surface area contributed by atoms with E-state index in [0.29, 0.717) is 5.75 Å². The van der Waals surface area contributed by atoms with Crippen LogP contribution in [0, 0.1) is 0 Å². The molecule has 0 aliphatic rings. The van der Waals surface area contributed by atoms with Crippen LogP contribution in [0.3, 0.4) is 0 Å². The molecule has 2 nitrogen and oxygen atoms in total. The third-order valence-electron chi connectivity index (χ3n) is 3.30.